The van der Waals surface area contributed by atoms with Crippen LogP contribution in [0.15, 0.2) is 24.3 Å². The van der Waals surface area contributed by atoms with Gasteiger partial charge in [-0.1, -0.05) is 31.4 Å². The molecule has 1 aromatic carbocycles. The number of hydrogen-bond donors (Lipinski definition) is 1. The van der Waals surface area contributed by atoms with Crippen LogP contribution in [0, 0.1) is 0 Å². The maximum atomic E-state index is 13.3. The van der Waals surface area contributed by atoms with Crippen molar-refractivity contribution in [3.05, 3.63) is 29.8 Å². The van der Waals surface area contributed by atoms with Crippen molar-refractivity contribution in [3.8, 4) is 5.75 Å². The molecule has 2 amide bonds. The van der Waals surface area contributed by atoms with Crippen LogP contribution in [0.1, 0.15) is 37.7 Å². The summed E-state index contributed by atoms with van der Waals surface area (Å²) in [5.74, 6) is 0.840. The lowest BCUT2D eigenvalue weighted by Gasteiger charge is -2.41. The topological polar surface area (TPSA) is 58.6 Å². The lowest BCUT2D eigenvalue weighted by atomic mass is 9.68. The second-order valence-corrected chi connectivity index (χ2v) is 6.45. The second-order valence-electron chi connectivity index (χ2n) is 6.45. The van der Waals surface area contributed by atoms with Crippen molar-refractivity contribution in [2.24, 2.45) is 0 Å². The molecule has 2 fully saturated rings. The number of carbonyl (C=O) groups excluding carboxylic acids is 2. The molecule has 0 radical (unpaired) electrons. The summed E-state index contributed by atoms with van der Waals surface area (Å²) in [6.45, 7) is 1.32. The Morgan fingerprint density at radius 2 is 1.87 bits per heavy atom. The molecule has 1 saturated heterocycles. The number of rotatable bonds is 3. The van der Waals surface area contributed by atoms with Crippen molar-refractivity contribution in [3.63, 3.8) is 0 Å². The van der Waals surface area contributed by atoms with Gasteiger partial charge in [0.15, 0.2) is 0 Å². The lowest BCUT2D eigenvalue weighted by molar-refractivity contribution is -0.144. The van der Waals surface area contributed by atoms with Crippen LogP contribution in [-0.4, -0.2) is 43.5 Å². The number of nitrogens with one attached hydrogen (secondary N) is 1. The normalized spacial score (nSPS) is 20.7. The minimum absolute atomic E-state index is 0.0645. The van der Waals surface area contributed by atoms with E-state index in [-0.39, 0.29) is 18.4 Å². The number of hydrogen-bond acceptors (Lipinski definition) is 3. The van der Waals surface area contributed by atoms with E-state index >= 15 is 0 Å². The predicted molar refractivity (Wildman–Crippen MR) is 87.3 cm³/mol. The Bertz CT molecular complexity index is 576. The minimum atomic E-state index is -0.484. The molecule has 2 aliphatic rings. The van der Waals surface area contributed by atoms with E-state index in [0.717, 1.165) is 37.0 Å². The summed E-state index contributed by atoms with van der Waals surface area (Å²) >= 11 is 0. The summed E-state index contributed by atoms with van der Waals surface area (Å²) in [6.07, 6.45) is 4.99. The molecule has 1 N–H and O–H groups in total. The summed E-state index contributed by atoms with van der Waals surface area (Å²) in [5, 5.41) is 2.79. The van der Waals surface area contributed by atoms with Crippen molar-refractivity contribution in [2.75, 3.05) is 26.7 Å². The Kier molecular flexibility index (Phi) is 4.55. The highest BCUT2D eigenvalue weighted by Crippen LogP contribution is 2.41. The molecular weight excluding hydrogens is 292 g/mol. The summed E-state index contributed by atoms with van der Waals surface area (Å²) in [5.41, 5.74) is 0.566. The van der Waals surface area contributed by atoms with Crippen LogP contribution in [0.4, 0.5) is 0 Å². The molecule has 1 aliphatic carbocycles. The molecule has 5 heteroatoms. The van der Waals surface area contributed by atoms with E-state index in [4.69, 9.17) is 4.74 Å². The van der Waals surface area contributed by atoms with Crippen LogP contribution in [-0.2, 0) is 15.0 Å². The highest BCUT2D eigenvalue weighted by molar-refractivity contribution is 5.92. The van der Waals surface area contributed by atoms with Gasteiger partial charge in [-0.2, -0.15) is 0 Å². The maximum absolute atomic E-state index is 13.3. The van der Waals surface area contributed by atoms with Gasteiger partial charge >= 0.3 is 0 Å². The quantitative estimate of drug-likeness (QED) is 0.926. The zero-order valence-corrected chi connectivity index (χ0v) is 13.6. The van der Waals surface area contributed by atoms with Gasteiger partial charge in [0.2, 0.25) is 11.8 Å². The molecule has 1 aliphatic heterocycles. The molecule has 0 atom stereocenters. The van der Waals surface area contributed by atoms with E-state index in [9.17, 15) is 9.59 Å². The van der Waals surface area contributed by atoms with Gasteiger partial charge in [-0.3, -0.25) is 9.59 Å². The number of piperazine rings is 1. The molecule has 0 spiro atoms. The van der Waals surface area contributed by atoms with Crippen LogP contribution in [0.3, 0.4) is 0 Å². The standard InChI is InChI=1S/C18H24N2O3/c1-23-15-7-5-14(6-8-15)18(9-3-2-4-10-18)17(22)20-12-11-19-16(21)13-20/h5-8H,2-4,9-13H2,1H3,(H,19,21). The highest BCUT2D eigenvalue weighted by Gasteiger charge is 2.44. The number of amides is 2. The number of carbonyl (C=O) groups is 2. The molecule has 1 heterocycles. The fourth-order valence-electron chi connectivity index (χ4n) is 3.81. The second kappa shape index (κ2) is 6.60. The Morgan fingerprint density at radius 3 is 2.48 bits per heavy atom. The number of methoxy groups -OCH3 is 1. The molecule has 1 saturated carbocycles. The molecule has 0 bridgehead atoms. The van der Waals surface area contributed by atoms with Crippen LogP contribution in [0.5, 0.6) is 5.75 Å². The fraction of sp³-hybridized carbons (Fsp3) is 0.556. The van der Waals surface area contributed by atoms with Gasteiger partial charge in [0.25, 0.3) is 0 Å². The molecule has 124 valence electrons. The van der Waals surface area contributed by atoms with Crippen LogP contribution < -0.4 is 10.1 Å². The Balaban J connectivity index is 1.91. The van der Waals surface area contributed by atoms with E-state index in [1.807, 2.05) is 24.3 Å². The van der Waals surface area contributed by atoms with Crippen LogP contribution in [0.25, 0.3) is 0 Å². The van der Waals surface area contributed by atoms with E-state index in [1.54, 1.807) is 12.0 Å². The number of nitrogens with zero attached hydrogens (tertiary/aromatic N) is 1. The molecular formula is C18H24N2O3. The molecule has 5 nitrogen and oxygen atoms in total. The van der Waals surface area contributed by atoms with E-state index in [0.29, 0.717) is 13.1 Å². The van der Waals surface area contributed by atoms with Gasteiger partial charge in [0.05, 0.1) is 19.1 Å². The SMILES string of the molecule is COc1ccc(C2(C(=O)N3CCNC(=O)C3)CCCCC2)cc1. The smallest absolute Gasteiger partial charge is 0.239 e. The molecule has 0 unspecified atom stereocenters. The summed E-state index contributed by atoms with van der Waals surface area (Å²) in [4.78, 5) is 26.7. The van der Waals surface area contributed by atoms with E-state index in [1.165, 1.54) is 6.42 Å². The van der Waals surface area contributed by atoms with Crippen LogP contribution in [0.2, 0.25) is 0 Å². The maximum Gasteiger partial charge on any atom is 0.239 e. The fourth-order valence-corrected chi connectivity index (χ4v) is 3.81. The average molecular weight is 316 g/mol. The van der Waals surface area contributed by atoms with E-state index < -0.39 is 5.41 Å². The molecule has 1 aromatic rings. The van der Waals surface area contributed by atoms with Gasteiger partial charge < -0.3 is 15.0 Å². The first kappa shape index (κ1) is 15.8. The largest absolute Gasteiger partial charge is 0.497 e. The van der Waals surface area contributed by atoms with Gasteiger partial charge in [0.1, 0.15) is 5.75 Å². The summed E-state index contributed by atoms with van der Waals surface area (Å²) in [6, 6.07) is 7.85. The molecule has 23 heavy (non-hydrogen) atoms. The number of ether oxygens (including phenoxy) is 1. The predicted octanol–water partition coefficient (Wildman–Crippen LogP) is 1.86. The highest BCUT2D eigenvalue weighted by atomic mass is 16.5. The Hall–Kier alpha value is -2.04. The van der Waals surface area contributed by atoms with Gasteiger partial charge in [-0.15, -0.1) is 0 Å². The third-order valence-electron chi connectivity index (χ3n) is 5.08. The minimum Gasteiger partial charge on any atom is -0.497 e. The van der Waals surface area contributed by atoms with Crippen LogP contribution >= 0.6 is 0 Å². The number of benzene rings is 1. The monoisotopic (exact) mass is 316 g/mol. The van der Waals surface area contributed by atoms with Crippen molar-refractivity contribution in [1.82, 2.24) is 10.2 Å². The Morgan fingerprint density at radius 1 is 1.17 bits per heavy atom. The third-order valence-corrected chi connectivity index (χ3v) is 5.08. The average Bonchev–Trinajstić information content (AvgIpc) is 2.62. The summed E-state index contributed by atoms with van der Waals surface area (Å²) < 4.78 is 5.23. The van der Waals surface area contributed by atoms with Gasteiger partial charge in [0, 0.05) is 13.1 Å². The molecule has 3 rings (SSSR count). The first-order valence-electron chi connectivity index (χ1n) is 8.36. The Labute approximate surface area is 137 Å². The van der Waals surface area contributed by atoms with E-state index in [2.05, 4.69) is 5.32 Å². The van der Waals surface area contributed by atoms with Crippen molar-refractivity contribution < 1.29 is 14.3 Å². The first-order chi connectivity index (χ1) is 11.2. The summed E-state index contributed by atoms with van der Waals surface area (Å²) in [7, 11) is 1.64. The molecule has 0 aromatic heterocycles. The zero-order chi connectivity index (χ0) is 16.3. The zero-order valence-electron chi connectivity index (χ0n) is 13.6. The third kappa shape index (κ3) is 3.05. The van der Waals surface area contributed by atoms with Crippen molar-refractivity contribution >= 4 is 11.8 Å². The van der Waals surface area contributed by atoms with Gasteiger partial charge in [-0.25, -0.2) is 0 Å². The lowest BCUT2D eigenvalue weighted by Crippen LogP contribution is -2.56. The first-order valence-corrected chi connectivity index (χ1v) is 8.36. The van der Waals surface area contributed by atoms with Crippen molar-refractivity contribution in [1.29, 1.82) is 0 Å². The van der Waals surface area contributed by atoms with Crippen molar-refractivity contribution in [2.45, 2.75) is 37.5 Å². The van der Waals surface area contributed by atoms with Gasteiger partial charge in [-0.05, 0) is 30.5 Å².